The summed E-state index contributed by atoms with van der Waals surface area (Å²) in [6, 6.07) is -0.968. The highest BCUT2D eigenvalue weighted by molar-refractivity contribution is 5.74. The monoisotopic (exact) mass is 133 g/mol. The Balaban J connectivity index is 2.49. The second-order valence-corrected chi connectivity index (χ2v) is 2.07. The summed E-state index contributed by atoms with van der Waals surface area (Å²) in [7, 11) is 0. The Kier molecular flexibility index (Phi) is 1.66. The molecule has 4 heteroatoms. The molecule has 1 aliphatic rings. The molecule has 0 spiro atoms. The Morgan fingerprint density at radius 1 is 1.78 bits per heavy atom. The van der Waals surface area contributed by atoms with Crippen LogP contribution in [0.2, 0.25) is 0 Å². The van der Waals surface area contributed by atoms with Crippen LogP contribution in [0.1, 0.15) is 6.42 Å². The number of hydrogen-bond acceptors (Lipinski definition) is 2. The fourth-order valence-corrected chi connectivity index (χ4v) is 0.913. The van der Waals surface area contributed by atoms with E-state index >= 15 is 0 Å². The second kappa shape index (κ2) is 2.31. The Morgan fingerprint density at radius 3 is 2.67 bits per heavy atom. The standard InChI is InChI=1S/C5H8FNO2/c6-3-1-2-7-4(3)5(8)9/h3-4,7H,1-2H2,(H,8,9)/t3-,4+/m1/s1. The molecule has 1 aliphatic heterocycles. The van der Waals surface area contributed by atoms with Gasteiger partial charge in [-0.1, -0.05) is 0 Å². The quantitative estimate of drug-likeness (QED) is 0.519. The lowest BCUT2D eigenvalue weighted by molar-refractivity contribution is -0.140. The third-order valence-corrected chi connectivity index (χ3v) is 1.41. The van der Waals surface area contributed by atoms with Gasteiger partial charge < -0.3 is 10.4 Å². The minimum atomic E-state index is -1.21. The van der Waals surface area contributed by atoms with Crippen LogP contribution in [0, 0.1) is 0 Å². The van der Waals surface area contributed by atoms with Gasteiger partial charge in [0.1, 0.15) is 12.2 Å². The molecule has 0 bridgehead atoms. The van der Waals surface area contributed by atoms with Gasteiger partial charge in [-0.2, -0.15) is 0 Å². The molecule has 52 valence electrons. The van der Waals surface area contributed by atoms with Crippen molar-refractivity contribution >= 4 is 5.97 Å². The van der Waals surface area contributed by atoms with E-state index in [9.17, 15) is 9.18 Å². The molecule has 3 nitrogen and oxygen atoms in total. The van der Waals surface area contributed by atoms with Crippen LogP contribution in [0.15, 0.2) is 0 Å². The largest absolute Gasteiger partial charge is 0.480 e. The number of nitrogens with one attached hydrogen (secondary N) is 1. The molecule has 0 radical (unpaired) electrons. The third-order valence-electron chi connectivity index (χ3n) is 1.41. The van der Waals surface area contributed by atoms with E-state index in [1.54, 1.807) is 0 Å². The van der Waals surface area contributed by atoms with Crippen molar-refractivity contribution < 1.29 is 14.3 Å². The zero-order chi connectivity index (χ0) is 6.85. The van der Waals surface area contributed by atoms with Crippen molar-refractivity contribution in [1.29, 1.82) is 0 Å². The van der Waals surface area contributed by atoms with Crippen LogP contribution in [-0.4, -0.2) is 29.8 Å². The van der Waals surface area contributed by atoms with Crippen molar-refractivity contribution in [2.45, 2.75) is 18.6 Å². The number of rotatable bonds is 1. The Labute approximate surface area is 51.9 Å². The van der Waals surface area contributed by atoms with Crippen molar-refractivity contribution in [3.05, 3.63) is 0 Å². The number of carboxylic acids is 1. The number of carbonyl (C=O) groups is 1. The van der Waals surface area contributed by atoms with E-state index in [2.05, 4.69) is 5.32 Å². The molecule has 2 N–H and O–H groups in total. The molecule has 0 aromatic carbocycles. The van der Waals surface area contributed by atoms with Gasteiger partial charge in [-0.3, -0.25) is 4.79 Å². The highest BCUT2D eigenvalue weighted by Crippen LogP contribution is 2.10. The molecule has 1 saturated heterocycles. The van der Waals surface area contributed by atoms with Gasteiger partial charge in [0.2, 0.25) is 0 Å². The van der Waals surface area contributed by atoms with Gasteiger partial charge in [-0.15, -0.1) is 0 Å². The smallest absolute Gasteiger partial charge is 0.323 e. The summed E-state index contributed by atoms with van der Waals surface area (Å²) in [5.41, 5.74) is 0. The molecule has 0 aliphatic carbocycles. The molecule has 0 amide bonds. The summed E-state index contributed by atoms with van der Waals surface area (Å²) in [4.78, 5) is 10.1. The van der Waals surface area contributed by atoms with Gasteiger partial charge in [0.05, 0.1) is 0 Å². The summed E-state index contributed by atoms with van der Waals surface area (Å²) in [6.45, 7) is 0.470. The van der Waals surface area contributed by atoms with Gasteiger partial charge in [0.25, 0.3) is 0 Å². The third kappa shape index (κ3) is 1.18. The second-order valence-electron chi connectivity index (χ2n) is 2.07. The average Bonchev–Trinajstić information content (AvgIpc) is 2.13. The minimum absolute atomic E-state index is 0.316. The van der Waals surface area contributed by atoms with E-state index in [1.165, 1.54) is 0 Å². The van der Waals surface area contributed by atoms with Crippen molar-refractivity contribution in [1.82, 2.24) is 5.32 Å². The first kappa shape index (κ1) is 6.48. The first-order valence-electron chi connectivity index (χ1n) is 2.82. The molecular formula is C5H8FNO2. The molecule has 1 heterocycles. The number of carboxylic acid groups (broad SMARTS) is 1. The number of aliphatic carboxylic acids is 1. The van der Waals surface area contributed by atoms with E-state index in [0.29, 0.717) is 13.0 Å². The van der Waals surface area contributed by atoms with Gasteiger partial charge in [0.15, 0.2) is 0 Å². The lowest BCUT2D eigenvalue weighted by Crippen LogP contribution is -2.36. The Hall–Kier alpha value is -0.640. The molecular weight excluding hydrogens is 125 g/mol. The first-order chi connectivity index (χ1) is 4.22. The molecule has 0 aromatic heterocycles. The normalized spacial score (nSPS) is 34.8. The van der Waals surface area contributed by atoms with E-state index in [1.807, 2.05) is 0 Å². The molecule has 1 rings (SSSR count). The van der Waals surface area contributed by atoms with Crippen LogP contribution in [0.4, 0.5) is 4.39 Å². The molecule has 2 atom stereocenters. The zero-order valence-electron chi connectivity index (χ0n) is 4.80. The topological polar surface area (TPSA) is 49.3 Å². The van der Waals surface area contributed by atoms with Crippen molar-refractivity contribution in [2.75, 3.05) is 6.54 Å². The van der Waals surface area contributed by atoms with E-state index in [-0.39, 0.29) is 0 Å². The van der Waals surface area contributed by atoms with Gasteiger partial charge in [-0.25, -0.2) is 4.39 Å². The minimum Gasteiger partial charge on any atom is -0.480 e. The molecule has 0 aromatic rings. The number of hydrogen-bond donors (Lipinski definition) is 2. The maximum Gasteiger partial charge on any atom is 0.323 e. The van der Waals surface area contributed by atoms with Crippen molar-refractivity contribution in [2.24, 2.45) is 0 Å². The SMILES string of the molecule is O=C(O)[C@H]1NCC[C@H]1F. The molecule has 9 heavy (non-hydrogen) atoms. The number of alkyl halides is 1. The summed E-state index contributed by atoms with van der Waals surface area (Å²) >= 11 is 0. The zero-order valence-corrected chi connectivity index (χ0v) is 4.80. The maximum absolute atomic E-state index is 12.4. The van der Waals surface area contributed by atoms with Crippen LogP contribution in [-0.2, 0) is 4.79 Å². The van der Waals surface area contributed by atoms with E-state index in [4.69, 9.17) is 5.11 Å². The highest BCUT2D eigenvalue weighted by Gasteiger charge is 2.32. The van der Waals surface area contributed by atoms with E-state index in [0.717, 1.165) is 0 Å². The van der Waals surface area contributed by atoms with Crippen LogP contribution < -0.4 is 5.32 Å². The summed E-state index contributed by atoms with van der Waals surface area (Å²) in [5.74, 6) is -1.10. The average molecular weight is 133 g/mol. The number of halogens is 1. The van der Waals surface area contributed by atoms with Crippen LogP contribution in [0.25, 0.3) is 0 Å². The fourth-order valence-electron chi connectivity index (χ4n) is 0.913. The molecule has 0 saturated carbocycles. The Morgan fingerprint density at radius 2 is 2.44 bits per heavy atom. The van der Waals surface area contributed by atoms with Crippen LogP contribution in [0.3, 0.4) is 0 Å². The summed E-state index contributed by atoms with van der Waals surface area (Å²) < 4.78 is 12.4. The fraction of sp³-hybridized carbons (Fsp3) is 0.800. The van der Waals surface area contributed by atoms with Gasteiger partial charge in [-0.05, 0) is 13.0 Å². The van der Waals surface area contributed by atoms with Crippen molar-refractivity contribution in [3.8, 4) is 0 Å². The lowest BCUT2D eigenvalue weighted by Gasteiger charge is -2.04. The van der Waals surface area contributed by atoms with Crippen LogP contribution >= 0.6 is 0 Å². The summed E-state index contributed by atoms with van der Waals surface area (Å²) in [6.07, 6.45) is -0.890. The van der Waals surface area contributed by atoms with Gasteiger partial charge >= 0.3 is 5.97 Å². The molecule has 1 fully saturated rings. The van der Waals surface area contributed by atoms with Gasteiger partial charge in [0, 0.05) is 0 Å². The molecule has 0 unspecified atom stereocenters. The Bertz CT molecular complexity index is 128. The van der Waals surface area contributed by atoms with Crippen molar-refractivity contribution in [3.63, 3.8) is 0 Å². The lowest BCUT2D eigenvalue weighted by atomic mass is 10.2. The highest BCUT2D eigenvalue weighted by atomic mass is 19.1. The van der Waals surface area contributed by atoms with E-state index < -0.39 is 18.2 Å². The summed E-state index contributed by atoms with van der Waals surface area (Å²) in [5, 5.41) is 10.8. The predicted octanol–water partition coefficient (Wildman–Crippen LogP) is -0.229. The maximum atomic E-state index is 12.4. The predicted molar refractivity (Wildman–Crippen MR) is 28.9 cm³/mol. The van der Waals surface area contributed by atoms with Crippen LogP contribution in [0.5, 0.6) is 0 Å². The first-order valence-corrected chi connectivity index (χ1v) is 2.82.